The molecule has 1 aromatic rings. The second-order valence-electron chi connectivity index (χ2n) is 6.25. The lowest BCUT2D eigenvalue weighted by Gasteiger charge is -2.39. The van der Waals surface area contributed by atoms with Gasteiger partial charge in [-0.25, -0.2) is 0 Å². The van der Waals surface area contributed by atoms with Crippen LogP contribution in [0.5, 0.6) is 0 Å². The molecule has 0 bridgehead atoms. The molecule has 1 aliphatic heterocycles. The number of nitrogens with zero attached hydrogens (tertiary/aromatic N) is 2. The summed E-state index contributed by atoms with van der Waals surface area (Å²) in [6.45, 7) is 6.87. The zero-order valence-corrected chi connectivity index (χ0v) is 17.0. The Hall–Kier alpha value is -0.340. The fraction of sp³-hybridized carbons (Fsp3) is 0.632. The highest BCUT2D eigenvalue weighted by molar-refractivity contribution is 8.18. The Bertz CT molecular complexity index is 525. The first-order valence-corrected chi connectivity index (χ1v) is 11.2. The Morgan fingerprint density at radius 3 is 2.12 bits per heavy atom. The topological polar surface area (TPSA) is 27.0 Å². The monoisotopic (exact) mass is 382 g/mol. The van der Waals surface area contributed by atoms with E-state index in [9.17, 15) is 5.26 Å². The van der Waals surface area contributed by atoms with Crippen molar-refractivity contribution in [2.75, 3.05) is 24.6 Å². The van der Waals surface area contributed by atoms with Gasteiger partial charge in [0.1, 0.15) is 0 Å². The number of thioether (sulfide) groups is 2. The molecule has 0 unspecified atom stereocenters. The molecule has 1 heterocycles. The maximum absolute atomic E-state index is 9.83. The highest BCUT2D eigenvalue weighted by Crippen LogP contribution is 2.50. The van der Waals surface area contributed by atoms with Gasteiger partial charge in [-0.1, -0.05) is 50.4 Å². The first kappa shape index (κ1) is 20.0. The van der Waals surface area contributed by atoms with Crippen LogP contribution in [-0.4, -0.2) is 35.5 Å². The summed E-state index contributed by atoms with van der Waals surface area (Å²) in [5, 5.41) is 10.6. The lowest BCUT2D eigenvalue weighted by Crippen LogP contribution is -2.44. The summed E-state index contributed by atoms with van der Waals surface area (Å²) < 4.78 is -0.484. The molecule has 24 heavy (non-hydrogen) atoms. The van der Waals surface area contributed by atoms with Crippen molar-refractivity contribution in [2.45, 2.75) is 49.7 Å². The van der Waals surface area contributed by atoms with Crippen LogP contribution in [-0.2, 0) is 4.08 Å². The Morgan fingerprint density at radius 1 is 1.12 bits per heavy atom. The Kier molecular flexibility index (Phi) is 8.30. The van der Waals surface area contributed by atoms with Crippen LogP contribution in [0.25, 0.3) is 0 Å². The summed E-state index contributed by atoms with van der Waals surface area (Å²) in [6.07, 6.45) is 5.00. The molecule has 1 fully saturated rings. The predicted molar refractivity (Wildman–Crippen MR) is 109 cm³/mol. The molecule has 132 valence electrons. The Morgan fingerprint density at radius 2 is 1.67 bits per heavy atom. The molecule has 0 radical (unpaired) electrons. The average Bonchev–Trinajstić information content (AvgIpc) is 2.63. The molecule has 2 rings (SSSR count). The van der Waals surface area contributed by atoms with Gasteiger partial charge in [0.05, 0.1) is 6.07 Å². The van der Waals surface area contributed by atoms with Gasteiger partial charge in [-0.3, -0.25) is 4.90 Å². The van der Waals surface area contributed by atoms with Gasteiger partial charge in [0.15, 0.2) is 4.08 Å². The van der Waals surface area contributed by atoms with Crippen molar-refractivity contribution in [3.05, 3.63) is 34.9 Å². The molecule has 0 spiro atoms. The van der Waals surface area contributed by atoms with E-state index in [0.29, 0.717) is 6.04 Å². The quantitative estimate of drug-likeness (QED) is 0.570. The van der Waals surface area contributed by atoms with Gasteiger partial charge < -0.3 is 0 Å². The number of nitriles is 1. The van der Waals surface area contributed by atoms with E-state index in [1.165, 1.54) is 38.8 Å². The molecule has 0 atom stereocenters. The third-order valence-electron chi connectivity index (χ3n) is 4.44. The second kappa shape index (κ2) is 9.97. The van der Waals surface area contributed by atoms with Crippen LogP contribution < -0.4 is 0 Å². The zero-order valence-electron chi connectivity index (χ0n) is 14.6. The molecule has 0 saturated carbocycles. The van der Waals surface area contributed by atoms with Crippen molar-refractivity contribution in [2.24, 2.45) is 0 Å². The highest BCUT2D eigenvalue weighted by Gasteiger charge is 2.40. The van der Waals surface area contributed by atoms with E-state index in [4.69, 9.17) is 11.6 Å². The van der Waals surface area contributed by atoms with E-state index in [1.807, 2.05) is 24.3 Å². The number of rotatable bonds is 8. The molecule has 0 amide bonds. The maximum Gasteiger partial charge on any atom is 0.173 e. The van der Waals surface area contributed by atoms with Crippen LogP contribution in [0.4, 0.5) is 0 Å². The lowest BCUT2D eigenvalue weighted by molar-refractivity contribution is 0.220. The summed E-state index contributed by atoms with van der Waals surface area (Å²) in [5.41, 5.74) is 1.07. The summed E-state index contributed by atoms with van der Waals surface area (Å²) in [5.74, 6) is 2.05. The van der Waals surface area contributed by atoms with Gasteiger partial charge in [0.25, 0.3) is 0 Å². The molecule has 0 aliphatic carbocycles. The van der Waals surface area contributed by atoms with Crippen LogP contribution in [0.3, 0.4) is 0 Å². The Balaban J connectivity index is 2.03. The van der Waals surface area contributed by atoms with Crippen LogP contribution >= 0.6 is 35.1 Å². The van der Waals surface area contributed by atoms with Gasteiger partial charge in [-0.05, 0) is 43.6 Å². The van der Waals surface area contributed by atoms with Crippen molar-refractivity contribution in [3.63, 3.8) is 0 Å². The van der Waals surface area contributed by atoms with E-state index in [1.54, 1.807) is 23.5 Å². The van der Waals surface area contributed by atoms with E-state index in [-0.39, 0.29) is 0 Å². The standard InChI is InChI=1S/C19H27ClN2S2/c1-3-5-11-22(12-6-4-2)18-13-23-19(15-21,24-14-18)16-7-9-17(20)10-8-16/h7-10,18H,3-6,11-14H2,1-2H3. The minimum absolute atomic E-state index is 0.484. The van der Waals surface area contributed by atoms with Crippen molar-refractivity contribution < 1.29 is 0 Å². The number of hydrogen-bond donors (Lipinski definition) is 0. The number of unbranched alkanes of at least 4 members (excludes halogenated alkanes) is 2. The van der Waals surface area contributed by atoms with Gasteiger partial charge in [0.2, 0.25) is 0 Å². The summed E-state index contributed by atoms with van der Waals surface area (Å²) in [4.78, 5) is 2.65. The molecule has 5 heteroatoms. The molecule has 1 aliphatic rings. The number of hydrogen-bond acceptors (Lipinski definition) is 4. The number of halogens is 1. The first-order valence-electron chi connectivity index (χ1n) is 8.84. The van der Waals surface area contributed by atoms with Crippen molar-refractivity contribution >= 4 is 35.1 Å². The molecular weight excluding hydrogens is 356 g/mol. The van der Waals surface area contributed by atoms with E-state index in [0.717, 1.165) is 22.1 Å². The minimum atomic E-state index is -0.484. The van der Waals surface area contributed by atoms with Crippen molar-refractivity contribution in [1.82, 2.24) is 4.90 Å². The van der Waals surface area contributed by atoms with Gasteiger partial charge >= 0.3 is 0 Å². The first-order chi connectivity index (χ1) is 11.6. The van der Waals surface area contributed by atoms with Crippen LogP contribution in [0.2, 0.25) is 5.02 Å². The molecule has 1 saturated heterocycles. The highest BCUT2D eigenvalue weighted by atomic mass is 35.5. The third-order valence-corrected chi connectivity index (χ3v) is 7.97. The Labute approximate surface area is 160 Å². The van der Waals surface area contributed by atoms with Crippen LogP contribution in [0.15, 0.2) is 24.3 Å². The molecule has 0 N–H and O–H groups in total. The molecular formula is C19H27ClN2S2. The number of benzene rings is 1. The molecule has 2 nitrogen and oxygen atoms in total. The third kappa shape index (κ3) is 5.08. The SMILES string of the molecule is CCCCN(CCCC)C1CSC(C#N)(c2ccc(Cl)cc2)SC1. The van der Waals surface area contributed by atoms with Crippen LogP contribution in [0, 0.1) is 11.3 Å². The second-order valence-corrected chi connectivity index (χ2v) is 9.42. The summed E-state index contributed by atoms with van der Waals surface area (Å²) >= 11 is 9.58. The predicted octanol–water partition coefficient (Wildman–Crippen LogP) is 5.77. The van der Waals surface area contributed by atoms with Gasteiger partial charge in [-0.15, -0.1) is 23.5 Å². The van der Waals surface area contributed by atoms with Crippen molar-refractivity contribution in [1.29, 1.82) is 5.26 Å². The van der Waals surface area contributed by atoms with Gasteiger partial charge in [-0.2, -0.15) is 5.26 Å². The van der Waals surface area contributed by atoms with Crippen molar-refractivity contribution in [3.8, 4) is 6.07 Å². The van der Waals surface area contributed by atoms with E-state index >= 15 is 0 Å². The van der Waals surface area contributed by atoms with E-state index in [2.05, 4.69) is 24.8 Å². The largest absolute Gasteiger partial charge is 0.299 e. The fourth-order valence-electron chi connectivity index (χ4n) is 2.89. The minimum Gasteiger partial charge on any atom is -0.299 e. The lowest BCUT2D eigenvalue weighted by atomic mass is 10.1. The molecule has 0 aromatic heterocycles. The smallest absolute Gasteiger partial charge is 0.173 e. The summed E-state index contributed by atoms with van der Waals surface area (Å²) in [7, 11) is 0. The summed E-state index contributed by atoms with van der Waals surface area (Å²) in [6, 6.07) is 10.9. The van der Waals surface area contributed by atoms with Gasteiger partial charge in [0, 0.05) is 22.6 Å². The van der Waals surface area contributed by atoms with Crippen LogP contribution in [0.1, 0.15) is 45.1 Å². The van der Waals surface area contributed by atoms with E-state index < -0.39 is 4.08 Å². The maximum atomic E-state index is 9.83. The zero-order chi connectivity index (χ0) is 17.4. The average molecular weight is 383 g/mol. The molecule has 1 aromatic carbocycles. The fourth-order valence-corrected chi connectivity index (χ4v) is 6.16. The normalized spacial score (nSPS) is 24.0.